The van der Waals surface area contributed by atoms with Gasteiger partial charge in [-0.2, -0.15) is 0 Å². The maximum atomic E-state index is 5.96. The lowest BCUT2D eigenvalue weighted by Crippen LogP contribution is -2.30. The van der Waals surface area contributed by atoms with E-state index in [1.165, 1.54) is 0 Å². The molecule has 0 aromatic rings. The predicted molar refractivity (Wildman–Crippen MR) is 50.9 cm³/mol. The Morgan fingerprint density at radius 1 is 1.67 bits per heavy atom. The summed E-state index contributed by atoms with van der Waals surface area (Å²) in [7, 11) is 0. The van der Waals surface area contributed by atoms with E-state index in [-0.39, 0.29) is 11.6 Å². The van der Waals surface area contributed by atoms with E-state index in [9.17, 15) is 0 Å². The molecule has 2 heteroatoms. The third-order valence-electron chi connectivity index (χ3n) is 2.43. The van der Waals surface area contributed by atoms with Crippen LogP contribution in [0.15, 0.2) is 12.2 Å². The van der Waals surface area contributed by atoms with Gasteiger partial charge in [-0.15, -0.1) is 0 Å². The average molecular weight is 169 g/mol. The molecule has 2 nitrogen and oxygen atoms in total. The van der Waals surface area contributed by atoms with Crippen molar-refractivity contribution in [3.8, 4) is 0 Å². The van der Waals surface area contributed by atoms with Gasteiger partial charge in [-0.05, 0) is 24.8 Å². The molecular formula is C10H19NO. The van der Waals surface area contributed by atoms with Crippen LogP contribution >= 0.6 is 0 Å². The second kappa shape index (κ2) is 3.19. The van der Waals surface area contributed by atoms with Gasteiger partial charge in [-0.25, -0.2) is 0 Å². The van der Waals surface area contributed by atoms with Crippen molar-refractivity contribution in [1.82, 2.24) is 0 Å². The lowest BCUT2D eigenvalue weighted by atomic mass is 9.91. The van der Waals surface area contributed by atoms with Crippen molar-refractivity contribution in [1.29, 1.82) is 0 Å². The molecule has 12 heavy (non-hydrogen) atoms. The van der Waals surface area contributed by atoms with E-state index in [1.54, 1.807) is 0 Å². The summed E-state index contributed by atoms with van der Waals surface area (Å²) in [5.41, 5.74) is 6.91. The molecule has 1 fully saturated rings. The predicted octanol–water partition coefficient (Wildman–Crippen LogP) is 1.70. The van der Waals surface area contributed by atoms with Crippen LogP contribution in [0.5, 0.6) is 0 Å². The van der Waals surface area contributed by atoms with Crippen LogP contribution in [0.3, 0.4) is 0 Å². The topological polar surface area (TPSA) is 38.5 Å². The van der Waals surface area contributed by atoms with Gasteiger partial charge in [0, 0.05) is 6.04 Å². The van der Waals surface area contributed by atoms with E-state index < -0.39 is 0 Å². The fourth-order valence-electron chi connectivity index (χ4n) is 1.34. The average Bonchev–Trinajstić information content (AvgIpc) is 2.66. The molecule has 2 N–H and O–H groups in total. The van der Waals surface area contributed by atoms with Gasteiger partial charge in [-0.3, -0.25) is 0 Å². The Labute approximate surface area is 74.8 Å². The van der Waals surface area contributed by atoms with Crippen LogP contribution in [0.2, 0.25) is 0 Å². The SMILES string of the molecule is C=C(C(N)CC(C)C)[C@@]1(C)CO1. The van der Waals surface area contributed by atoms with E-state index in [4.69, 9.17) is 10.5 Å². The largest absolute Gasteiger partial charge is 0.365 e. The molecule has 0 amide bonds. The molecule has 1 aliphatic rings. The highest BCUT2D eigenvalue weighted by Crippen LogP contribution is 2.35. The van der Waals surface area contributed by atoms with Crippen molar-refractivity contribution < 1.29 is 4.74 Å². The summed E-state index contributed by atoms with van der Waals surface area (Å²) in [5.74, 6) is 0.624. The van der Waals surface area contributed by atoms with Gasteiger partial charge in [0.2, 0.25) is 0 Å². The first-order chi connectivity index (χ1) is 5.46. The number of rotatable bonds is 4. The molecule has 0 aromatic carbocycles. The molecule has 1 aliphatic heterocycles. The number of ether oxygens (including phenoxy) is 1. The summed E-state index contributed by atoms with van der Waals surface area (Å²) in [6, 6.07) is 0.0949. The molecule has 0 saturated carbocycles. The maximum absolute atomic E-state index is 5.96. The zero-order chi connectivity index (χ0) is 9.35. The second-order valence-electron chi connectivity index (χ2n) is 4.28. The highest BCUT2D eigenvalue weighted by Gasteiger charge is 2.43. The quantitative estimate of drug-likeness (QED) is 0.514. The van der Waals surface area contributed by atoms with Crippen LogP contribution in [0.1, 0.15) is 27.2 Å². The molecule has 0 radical (unpaired) electrons. The minimum absolute atomic E-state index is 0.0949. The minimum Gasteiger partial charge on any atom is -0.365 e. The van der Waals surface area contributed by atoms with Crippen LogP contribution in [-0.2, 0) is 4.74 Å². The van der Waals surface area contributed by atoms with Crippen molar-refractivity contribution in [2.24, 2.45) is 11.7 Å². The normalized spacial score (nSPS) is 30.4. The summed E-state index contributed by atoms with van der Waals surface area (Å²) < 4.78 is 5.28. The van der Waals surface area contributed by atoms with E-state index in [0.29, 0.717) is 5.92 Å². The Bertz CT molecular complexity index is 182. The van der Waals surface area contributed by atoms with Gasteiger partial charge in [0.05, 0.1) is 6.61 Å². The van der Waals surface area contributed by atoms with Crippen LogP contribution in [-0.4, -0.2) is 18.2 Å². The Morgan fingerprint density at radius 2 is 2.17 bits per heavy atom. The number of epoxide rings is 1. The van der Waals surface area contributed by atoms with E-state index >= 15 is 0 Å². The molecule has 1 heterocycles. The minimum atomic E-state index is -0.103. The van der Waals surface area contributed by atoms with E-state index in [1.807, 2.05) is 0 Å². The van der Waals surface area contributed by atoms with Crippen molar-refractivity contribution in [3.63, 3.8) is 0 Å². The first kappa shape index (κ1) is 9.75. The van der Waals surface area contributed by atoms with Crippen LogP contribution in [0, 0.1) is 5.92 Å². The first-order valence-corrected chi connectivity index (χ1v) is 4.54. The fourth-order valence-corrected chi connectivity index (χ4v) is 1.34. The van der Waals surface area contributed by atoms with Crippen molar-refractivity contribution in [2.45, 2.75) is 38.8 Å². The number of nitrogens with two attached hydrogens (primary N) is 1. The maximum Gasteiger partial charge on any atom is 0.111 e. The van der Waals surface area contributed by atoms with Crippen LogP contribution in [0.4, 0.5) is 0 Å². The molecule has 1 saturated heterocycles. The van der Waals surface area contributed by atoms with Gasteiger partial charge in [-0.1, -0.05) is 20.4 Å². The lowest BCUT2D eigenvalue weighted by Gasteiger charge is -2.19. The molecule has 0 spiro atoms. The molecule has 0 aromatic heterocycles. The van der Waals surface area contributed by atoms with E-state index in [0.717, 1.165) is 18.6 Å². The Balaban J connectivity index is 2.42. The molecule has 1 rings (SSSR count). The third kappa shape index (κ3) is 2.08. The zero-order valence-corrected chi connectivity index (χ0v) is 8.26. The molecule has 0 bridgehead atoms. The van der Waals surface area contributed by atoms with Crippen LogP contribution < -0.4 is 5.73 Å². The molecule has 2 atom stereocenters. The monoisotopic (exact) mass is 169 g/mol. The molecule has 70 valence electrons. The molecule has 0 aliphatic carbocycles. The number of hydrogen-bond acceptors (Lipinski definition) is 2. The standard InChI is InChI=1S/C10H19NO/c1-7(2)5-9(11)8(3)10(4)6-12-10/h7,9H,3,5-6,11H2,1-2,4H3/t9?,10-/m1/s1. The van der Waals surface area contributed by atoms with Crippen molar-refractivity contribution in [3.05, 3.63) is 12.2 Å². The smallest absolute Gasteiger partial charge is 0.111 e. The van der Waals surface area contributed by atoms with Crippen molar-refractivity contribution >= 4 is 0 Å². The summed E-state index contributed by atoms with van der Waals surface area (Å²) in [6.07, 6.45) is 0.998. The zero-order valence-electron chi connectivity index (χ0n) is 8.26. The second-order valence-corrected chi connectivity index (χ2v) is 4.28. The third-order valence-corrected chi connectivity index (χ3v) is 2.43. The summed E-state index contributed by atoms with van der Waals surface area (Å²) in [6.45, 7) is 11.2. The molecule has 1 unspecified atom stereocenters. The summed E-state index contributed by atoms with van der Waals surface area (Å²) >= 11 is 0. The highest BCUT2D eigenvalue weighted by atomic mass is 16.6. The molecular weight excluding hydrogens is 150 g/mol. The lowest BCUT2D eigenvalue weighted by molar-refractivity contribution is 0.341. The van der Waals surface area contributed by atoms with Crippen LogP contribution in [0.25, 0.3) is 0 Å². The van der Waals surface area contributed by atoms with Gasteiger partial charge >= 0.3 is 0 Å². The first-order valence-electron chi connectivity index (χ1n) is 4.54. The fraction of sp³-hybridized carbons (Fsp3) is 0.800. The van der Waals surface area contributed by atoms with Gasteiger partial charge in [0.1, 0.15) is 5.60 Å². The van der Waals surface area contributed by atoms with Crippen molar-refractivity contribution in [2.75, 3.05) is 6.61 Å². The number of hydrogen-bond donors (Lipinski definition) is 1. The van der Waals surface area contributed by atoms with Gasteiger partial charge in [0.15, 0.2) is 0 Å². The highest BCUT2D eigenvalue weighted by molar-refractivity contribution is 5.23. The summed E-state index contributed by atoms with van der Waals surface area (Å²) in [5, 5.41) is 0. The Hall–Kier alpha value is -0.340. The summed E-state index contributed by atoms with van der Waals surface area (Å²) in [4.78, 5) is 0. The van der Waals surface area contributed by atoms with Gasteiger partial charge < -0.3 is 10.5 Å². The Morgan fingerprint density at radius 3 is 2.50 bits per heavy atom. The van der Waals surface area contributed by atoms with E-state index in [2.05, 4.69) is 27.4 Å². The van der Waals surface area contributed by atoms with Gasteiger partial charge in [0.25, 0.3) is 0 Å². The Kier molecular flexibility index (Phi) is 2.59.